The maximum Gasteiger partial charge on any atom is 0.251 e. The van der Waals surface area contributed by atoms with Gasteiger partial charge in [0.1, 0.15) is 11.7 Å². The summed E-state index contributed by atoms with van der Waals surface area (Å²) in [5.41, 5.74) is 6.92. The molecule has 0 saturated heterocycles. The van der Waals surface area contributed by atoms with Crippen LogP contribution in [0, 0.1) is 0 Å². The lowest BCUT2D eigenvalue weighted by molar-refractivity contribution is 0.446. The fraction of sp³-hybridized carbons (Fsp3) is 0.231. The monoisotopic (exact) mass is 284 g/mol. The van der Waals surface area contributed by atoms with Crippen LogP contribution in [0.3, 0.4) is 0 Å². The Hall–Kier alpha value is -2.74. The molecule has 0 aromatic carbocycles. The molecule has 21 heavy (non-hydrogen) atoms. The van der Waals surface area contributed by atoms with Crippen molar-refractivity contribution in [1.29, 1.82) is 0 Å². The van der Waals surface area contributed by atoms with Gasteiger partial charge in [0, 0.05) is 18.3 Å². The van der Waals surface area contributed by atoms with Crippen LogP contribution in [0.5, 0.6) is 11.8 Å². The summed E-state index contributed by atoms with van der Waals surface area (Å²) in [4.78, 5) is 22.6. The Morgan fingerprint density at radius 1 is 1.33 bits per heavy atom. The van der Waals surface area contributed by atoms with Crippen molar-refractivity contribution < 1.29 is 4.74 Å². The number of aromatic nitrogens is 5. The number of ether oxygens (including phenoxy) is 1. The Bertz CT molecular complexity index is 879. The van der Waals surface area contributed by atoms with Gasteiger partial charge in [-0.15, -0.1) is 5.10 Å². The Balaban J connectivity index is 1.84. The number of hydrogen-bond acceptors (Lipinski definition) is 6. The molecule has 8 heteroatoms. The molecule has 3 aromatic heterocycles. The number of aromatic amines is 2. The van der Waals surface area contributed by atoms with E-state index in [4.69, 9.17) is 10.5 Å². The molecule has 8 nitrogen and oxygen atoms in total. The highest BCUT2D eigenvalue weighted by Gasteiger charge is 2.44. The zero-order chi connectivity index (χ0) is 14.4. The van der Waals surface area contributed by atoms with Gasteiger partial charge in [0.05, 0.1) is 11.2 Å². The lowest BCUT2D eigenvalue weighted by Gasteiger charge is -2.09. The average molecular weight is 284 g/mol. The van der Waals surface area contributed by atoms with Gasteiger partial charge < -0.3 is 15.5 Å². The zero-order valence-electron chi connectivity index (χ0n) is 11.0. The summed E-state index contributed by atoms with van der Waals surface area (Å²) >= 11 is 0. The van der Waals surface area contributed by atoms with Gasteiger partial charge in [-0.05, 0) is 12.8 Å². The standard InChI is InChI=1S/C13H12N6O2/c14-13(2-3-13)10-9-11(17-6-16-10)18-19-12(9)21-8-5-7(20)1-4-15-8/h1,4-6H,2-3,14H2,(H,15,20)(H,16,17,18,19). The van der Waals surface area contributed by atoms with Crippen molar-refractivity contribution in [2.75, 3.05) is 0 Å². The van der Waals surface area contributed by atoms with Crippen LogP contribution < -0.4 is 15.9 Å². The van der Waals surface area contributed by atoms with E-state index in [0.29, 0.717) is 22.8 Å². The molecule has 0 radical (unpaired) electrons. The SMILES string of the molecule is NC1(c2ncnc3[nH]nc(Oc4cc(=O)cc[nH]4)c23)CC1. The minimum atomic E-state index is -0.437. The van der Waals surface area contributed by atoms with E-state index in [9.17, 15) is 4.79 Å². The van der Waals surface area contributed by atoms with Gasteiger partial charge in [-0.2, -0.15) is 0 Å². The van der Waals surface area contributed by atoms with Gasteiger partial charge in [0.25, 0.3) is 5.88 Å². The molecule has 1 aliphatic carbocycles. The minimum Gasteiger partial charge on any atom is -0.420 e. The van der Waals surface area contributed by atoms with Crippen molar-refractivity contribution in [3.8, 4) is 11.8 Å². The molecule has 1 aliphatic rings. The normalized spacial score (nSPS) is 16.0. The zero-order valence-corrected chi connectivity index (χ0v) is 11.0. The van der Waals surface area contributed by atoms with Gasteiger partial charge in [-0.25, -0.2) is 9.97 Å². The van der Waals surface area contributed by atoms with E-state index in [1.165, 1.54) is 24.7 Å². The third kappa shape index (κ3) is 1.96. The highest BCUT2D eigenvalue weighted by molar-refractivity contribution is 5.84. The van der Waals surface area contributed by atoms with Crippen molar-refractivity contribution in [3.63, 3.8) is 0 Å². The lowest BCUT2D eigenvalue weighted by atomic mass is 10.1. The second kappa shape index (κ2) is 4.13. The maximum absolute atomic E-state index is 11.3. The summed E-state index contributed by atoms with van der Waals surface area (Å²) in [6, 6.07) is 2.75. The Morgan fingerprint density at radius 3 is 2.95 bits per heavy atom. The summed E-state index contributed by atoms with van der Waals surface area (Å²) in [7, 11) is 0. The third-order valence-corrected chi connectivity index (χ3v) is 3.54. The van der Waals surface area contributed by atoms with Crippen LogP contribution in [0.15, 0.2) is 29.5 Å². The van der Waals surface area contributed by atoms with E-state index in [0.717, 1.165) is 18.5 Å². The fourth-order valence-corrected chi connectivity index (χ4v) is 2.24. The highest BCUT2D eigenvalue weighted by Crippen LogP contribution is 2.45. The highest BCUT2D eigenvalue weighted by atomic mass is 16.5. The van der Waals surface area contributed by atoms with Crippen LogP contribution in [0.25, 0.3) is 11.0 Å². The number of nitrogens with one attached hydrogen (secondary N) is 2. The second-order valence-corrected chi connectivity index (χ2v) is 5.12. The number of nitrogens with zero attached hydrogens (tertiary/aromatic N) is 3. The molecule has 106 valence electrons. The van der Waals surface area contributed by atoms with Gasteiger partial charge >= 0.3 is 0 Å². The van der Waals surface area contributed by atoms with Crippen molar-refractivity contribution in [2.45, 2.75) is 18.4 Å². The number of pyridine rings is 1. The van der Waals surface area contributed by atoms with Crippen molar-refractivity contribution in [1.82, 2.24) is 25.1 Å². The molecule has 1 saturated carbocycles. The first kappa shape index (κ1) is 12.0. The third-order valence-electron chi connectivity index (χ3n) is 3.54. The molecule has 3 aromatic rings. The fourth-order valence-electron chi connectivity index (χ4n) is 2.24. The number of nitrogens with two attached hydrogens (primary N) is 1. The molecule has 0 bridgehead atoms. The summed E-state index contributed by atoms with van der Waals surface area (Å²) in [6.45, 7) is 0. The summed E-state index contributed by atoms with van der Waals surface area (Å²) in [5.74, 6) is 0.603. The maximum atomic E-state index is 11.3. The first-order valence-electron chi connectivity index (χ1n) is 6.51. The number of fused-ring (bicyclic) bond motifs is 1. The Morgan fingerprint density at radius 2 is 2.19 bits per heavy atom. The second-order valence-electron chi connectivity index (χ2n) is 5.12. The van der Waals surface area contributed by atoms with Crippen molar-refractivity contribution >= 4 is 11.0 Å². The number of H-pyrrole nitrogens is 2. The number of rotatable bonds is 3. The molecule has 0 aliphatic heterocycles. The predicted molar refractivity (Wildman–Crippen MR) is 73.9 cm³/mol. The Labute approximate surface area is 118 Å². The lowest BCUT2D eigenvalue weighted by Crippen LogP contribution is -2.20. The molecular formula is C13H12N6O2. The van der Waals surface area contributed by atoms with Crippen LogP contribution in [-0.4, -0.2) is 25.1 Å². The molecular weight excluding hydrogens is 272 g/mol. The van der Waals surface area contributed by atoms with E-state index < -0.39 is 5.54 Å². The Kier molecular flexibility index (Phi) is 2.36. The van der Waals surface area contributed by atoms with Crippen LogP contribution in [-0.2, 0) is 5.54 Å². The predicted octanol–water partition coefficient (Wildman–Crippen LogP) is 0.781. The van der Waals surface area contributed by atoms with Crippen molar-refractivity contribution in [3.05, 3.63) is 40.6 Å². The molecule has 0 amide bonds. The first-order valence-corrected chi connectivity index (χ1v) is 6.51. The molecule has 3 heterocycles. The largest absolute Gasteiger partial charge is 0.420 e. The molecule has 4 rings (SSSR count). The minimum absolute atomic E-state index is 0.155. The van der Waals surface area contributed by atoms with Crippen LogP contribution in [0.2, 0.25) is 0 Å². The van der Waals surface area contributed by atoms with Crippen molar-refractivity contribution in [2.24, 2.45) is 5.73 Å². The molecule has 0 spiro atoms. The summed E-state index contributed by atoms with van der Waals surface area (Å²) < 4.78 is 5.64. The number of hydrogen-bond donors (Lipinski definition) is 3. The molecule has 0 unspecified atom stereocenters. The molecule has 1 fully saturated rings. The van der Waals surface area contributed by atoms with Crippen LogP contribution in [0.4, 0.5) is 0 Å². The average Bonchev–Trinajstić information content (AvgIpc) is 3.09. The van der Waals surface area contributed by atoms with E-state index in [1.54, 1.807) is 0 Å². The van der Waals surface area contributed by atoms with E-state index in [1.807, 2.05) is 0 Å². The molecule has 4 N–H and O–H groups in total. The van der Waals surface area contributed by atoms with E-state index >= 15 is 0 Å². The quantitative estimate of drug-likeness (QED) is 0.653. The van der Waals surface area contributed by atoms with Crippen LogP contribution in [0.1, 0.15) is 18.5 Å². The van der Waals surface area contributed by atoms with Gasteiger partial charge in [0.2, 0.25) is 5.88 Å². The van der Waals surface area contributed by atoms with Crippen LogP contribution >= 0.6 is 0 Å². The van der Waals surface area contributed by atoms with Gasteiger partial charge in [-0.3, -0.25) is 9.89 Å². The smallest absolute Gasteiger partial charge is 0.251 e. The van der Waals surface area contributed by atoms with Gasteiger partial charge in [-0.1, -0.05) is 0 Å². The summed E-state index contributed by atoms with van der Waals surface area (Å²) in [5, 5.41) is 7.54. The van der Waals surface area contributed by atoms with Gasteiger partial charge in [0.15, 0.2) is 11.1 Å². The first-order chi connectivity index (χ1) is 10.2. The topological polar surface area (TPSA) is 123 Å². The molecule has 0 atom stereocenters. The van der Waals surface area contributed by atoms with E-state index in [-0.39, 0.29) is 5.43 Å². The van der Waals surface area contributed by atoms with E-state index in [2.05, 4.69) is 25.1 Å². The summed E-state index contributed by atoms with van der Waals surface area (Å²) in [6.07, 6.45) is 4.70.